The Morgan fingerprint density at radius 1 is 1.26 bits per heavy atom. The highest BCUT2D eigenvalue weighted by Gasteiger charge is 2.16. The lowest BCUT2D eigenvalue weighted by Gasteiger charge is -2.11. The Kier molecular flexibility index (Phi) is 4.49. The van der Waals surface area contributed by atoms with E-state index >= 15 is 0 Å². The third kappa shape index (κ3) is 3.77. The van der Waals surface area contributed by atoms with Crippen LogP contribution < -0.4 is 5.32 Å². The zero-order valence-electron chi connectivity index (χ0n) is 10.1. The third-order valence-electron chi connectivity index (χ3n) is 2.60. The summed E-state index contributed by atoms with van der Waals surface area (Å²) < 4.78 is 0. The van der Waals surface area contributed by atoms with Crippen LogP contribution in [0.15, 0.2) is 48.7 Å². The Labute approximate surface area is 116 Å². The number of nitrogens with one attached hydrogen (secondary N) is 1. The van der Waals surface area contributed by atoms with Gasteiger partial charge in [0, 0.05) is 6.20 Å². The van der Waals surface area contributed by atoms with E-state index in [9.17, 15) is 9.90 Å². The molecule has 0 saturated heterocycles. The predicted octanol–water partition coefficient (Wildman–Crippen LogP) is 2.08. The highest BCUT2D eigenvalue weighted by molar-refractivity contribution is 6.30. The lowest BCUT2D eigenvalue weighted by Crippen LogP contribution is -2.29. The van der Waals surface area contributed by atoms with Gasteiger partial charge in [0.1, 0.15) is 0 Å². The summed E-state index contributed by atoms with van der Waals surface area (Å²) >= 11 is 5.72. The van der Waals surface area contributed by atoms with E-state index in [0.29, 0.717) is 16.3 Å². The van der Waals surface area contributed by atoms with Crippen molar-refractivity contribution in [3.63, 3.8) is 0 Å². The molecule has 2 rings (SSSR count). The molecule has 0 saturated carbocycles. The number of carbonyl (C=O) groups is 1. The second kappa shape index (κ2) is 6.31. The Morgan fingerprint density at radius 2 is 2.00 bits per heavy atom. The number of nitrogens with zero attached hydrogens (tertiary/aromatic N) is 1. The molecule has 98 valence electrons. The molecule has 0 spiro atoms. The van der Waals surface area contributed by atoms with Gasteiger partial charge in [-0.1, -0.05) is 41.9 Å². The topological polar surface area (TPSA) is 62.2 Å². The average Bonchev–Trinajstić information content (AvgIpc) is 2.46. The fourth-order valence-electron chi connectivity index (χ4n) is 1.57. The van der Waals surface area contributed by atoms with Gasteiger partial charge >= 0.3 is 0 Å². The van der Waals surface area contributed by atoms with Crippen molar-refractivity contribution in [3.05, 3.63) is 64.9 Å². The zero-order chi connectivity index (χ0) is 13.7. The van der Waals surface area contributed by atoms with Gasteiger partial charge in [-0.25, -0.2) is 0 Å². The molecule has 0 radical (unpaired) electrons. The van der Waals surface area contributed by atoms with Gasteiger partial charge in [-0.05, 0) is 17.7 Å². The maximum Gasteiger partial charge on any atom is 0.253 e. The number of carbonyl (C=O) groups excluding carboxylic acids is 1. The van der Waals surface area contributed by atoms with Crippen molar-refractivity contribution >= 4 is 17.5 Å². The summed E-state index contributed by atoms with van der Waals surface area (Å²) in [5.41, 5.74) is 1.24. The van der Waals surface area contributed by atoms with E-state index in [1.807, 2.05) is 6.07 Å². The van der Waals surface area contributed by atoms with Gasteiger partial charge in [-0.2, -0.15) is 0 Å². The molecule has 0 aliphatic rings. The SMILES string of the molecule is O=C(NCc1ccc(Cl)cn1)C(O)c1ccccc1. The van der Waals surface area contributed by atoms with Gasteiger partial charge in [0.05, 0.1) is 17.3 Å². The molecule has 0 aliphatic heterocycles. The van der Waals surface area contributed by atoms with Crippen LogP contribution in [0.25, 0.3) is 0 Å². The minimum Gasteiger partial charge on any atom is -0.378 e. The molecule has 1 heterocycles. The van der Waals surface area contributed by atoms with Gasteiger partial charge in [0.2, 0.25) is 0 Å². The lowest BCUT2D eigenvalue weighted by molar-refractivity contribution is -0.129. The van der Waals surface area contributed by atoms with Gasteiger partial charge in [-0.15, -0.1) is 0 Å². The van der Waals surface area contributed by atoms with Gasteiger partial charge in [0.25, 0.3) is 5.91 Å². The Morgan fingerprint density at radius 3 is 2.63 bits per heavy atom. The van der Waals surface area contributed by atoms with Gasteiger partial charge in [0.15, 0.2) is 6.10 Å². The van der Waals surface area contributed by atoms with Crippen molar-refractivity contribution in [3.8, 4) is 0 Å². The lowest BCUT2D eigenvalue weighted by atomic mass is 10.1. The number of benzene rings is 1. The summed E-state index contributed by atoms with van der Waals surface area (Å²) in [6, 6.07) is 12.2. The first-order valence-corrected chi connectivity index (χ1v) is 6.16. The highest BCUT2D eigenvalue weighted by atomic mass is 35.5. The largest absolute Gasteiger partial charge is 0.378 e. The summed E-state index contributed by atoms with van der Waals surface area (Å²) in [5.74, 6) is -0.456. The van der Waals surface area contributed by atoms with Crippen molar-refractivity contribution in [2.24, 2.45) is 0 Å². The number of hydrogen-bond donors (Lipinski definition) is 2. The van der Waals surface area contributed by atoms with Gasteiger partial charge < -0.3 is 10.4 Å². The van der Waals surface area contributed by atoms with Crippen LogP contribution in [-0.2, 0) is 11.3 Å². The number of amides is 1. The average molecular weight is 277 g/mol. The number of aliphatic hydroxyl groups excluding tert-OH is 1. The molecule has 2 N–H and O–H groups in total. The van der Waals surface area contributed by atoms with Gasteiger partial charge in [-0.3, -0.25) is 9.78 Å². The first-order chi connectivity index (χ1) is 9.16. The fraction of sp³-hybridized carbons (Fsp3) is 0.143. The van der Waals surface area contributed by atoms with Crippen LogP contribution in [0.1, 0.15) is 17.4 Å². The van der Waals surface area contributed by atoms with Crippen LogP contribution in [0.2, 0.25) is 5.02 Å². The highest BCUT2D eigenvalue weighted by Crippen LogP contribution is 2.12. The predicted molar refractivity (Wildman–Crippen MR) is 72.5 cm³/mol. The summed E-state index contributed by atoms with van der Waals surface area (Å²) in [7, 11) is 0. The normalized spacial score (nSPS) is 11.9. The molecule has 0 aliphatic carbocycles. The number of hydrogen-bond acceptors (Lipinski definition) is 3. The van der Waals surface area contributed by atoms with Crippen LogP contribution in [0.4, 0.5) is 0 Å². The molecule has 19 heavy (non-hydrogen) atoms. The van der Waals surface area contributed by atoms with E-state index in [1.54, 1.807) is 36.4 Å². The maximum atomic E-state index is 11.8. The molecule has 1 atom stereocenters. The van der Waals surface area contributed by atoms with Crippen LogP contribution >= 0.6 is 11.6 Å². The van der Waals surface area contributed by atoms with E-state index in [1.165, 1.54) is 6.20 Å². The van der Waals surface area contributed by atoms with E-state index in [4.69, 9.17) is 11.6 Å². The van der Waals surface area contributed by atoms with Crippen LogP contribution in [-0.4, -0.2) is 16.0 Å². The number of aromatic nitrogens is 1. The van der Waals surface area contributed by atoms with Crippen molar-refractivity contribution in [1.82, 2.24) is 10.3 Å². The molecule has 0 fully saturated rings. The maximum absolute atomic E-state index is 11.8. The van der Waals surface area contributed by atoms with Crippen LogP contribution in [0.5, 0.6) is 0 Å². The second-order valence-corrected chi connectivity index (χ2v) is 4.44. The van der Waals surface area contributed by atoms with E-state index in [2.05, 4.69) is 10.3 Å². The summed E-state index contributed by atoms with van der Waals surface area (Å²) in [5, 5.41) is 13.0. The summed E-state index contributed by atoms with van der Waals surface area (Å²) in [4.78, 5) is 15.8. The minimum absolute atomic E-state index is 0.250. The van der Waals surface area contributed by atoms with E-state index in [-0.39, 0.29) is 6.54 Å². The molecular formula is C14H13ClN2O2. The standard InChI is InChI=1S/C14H13ClN2O2/c15-11-6-7-12(16-8-11)9-17-14(19)13(18)10-4-2-1-3-5-10/h1-8,13,18H,9H2,(H,17,19). The molecular weight excluding hydrogens is 264 g/mol. The molecule has 4 nitrogen and oxygen atoms in total. The summed E-state index contributed by atoms with van der Waals surface area (Å²) in [6.07, 6.45) is 0.338. The van der Waals surface area contributed by atoms with Crippen molar-refractivity contribution < 1.29 is 9.90 Å². The Bertz CT molecular complexity index is 543. The molecule has 1 aromatic carbocycles. The van der Waals surface area contributed by atoms with E-state index < -0.39 is 12.0 Å². The third-order valence-corrected chi connectivity index (χ3v) is 2.82. The number of pyridine rings is 1. The van der Waals surface area contributed by atoms with Crippen molar-refractivity contribution in [1.29, 1.82) is 0 Å². The Hall–Kier alpha value is -1.91. The molecule has 2 aromatic rings. The smallest absolute Gasteiger partial charge is 0.253 e. The van der Waals surface area contributed by atoms with Crippen molar-refractivity contribution in [2.75, 3.05) is 0 Å². The molecule has 1 amide bonds. The number of rotatable bonds is 4. The zero-order valence-corrected chi connectivity index (χ0v) is 10.8. The monoisotopic (exact) mass is 276 g/mol. The van der Waals surface area contributed by atoms with Crippen molar-refractivity contribution in [2.45, 2.75) is 12.6 Å². The molecule has 1 aromatic heterocycles. The van der Waals surface area contributed by atoms with Crippen LogP contribution in [0.3, 0.4) is 0 Å². The summed E-state index contributed by atoms with van der Waals surface area (Å²) in [6.45, 7) is 0.250. The molecule has 0 bridgehead atoms. The van der Waals surface area contributed by atoms with E-state index in [0.717, 1.165) is 0 Å². The quantitative estimate of drug-likeness (QED) is 0.899. The Balaban J connectivity index is 1.93. The minimum atomic E-state index is -1.17. The number of halogens is 1. The first kappa shape index (κ1) is 13.5. The fourth-order valence-corrected chi connectivity index (χ4v) is 1.68. The first-order valence-electron chi connectivity index (χ1n) is 5.78. The second-order valence-electron chi connectivity index (χ2n) is 4.00. The molecule has 1 unspecified atom stereocenters. The number of aliphatic hydroxyl groups is 1. The molecule has 5 heteroatoms. The van der Waals surface area contributed by atoms with Crippen LogP contribution in [0, 0.1) is 0 Å².